The van der Waals surface area contributed by atoms with E-state index in [0.29, 0.717) is 9.36 Å². The molecule has 10 heteroatoms. The van der Waals surface area contributed by atoms with Crippen molar-refractivity contribution in [2.75, 3.05) is 0 Å². The van der Waals surface area contributed by atoms with Gasteiger partial charge in [0.25, 0.3) is 0 Å². The third kappa shape index (κ3) is 2.24. The predicted molar refractivity (Wildman–Crippen MR) is 80.1 cm³/mol. The molecule has 2 N–H and O–H groups in total. The van der Waals surface area contributed by atoms with Gasteiger partial charge in [0.1, 0.15) is 5.58 Å². The number of hydrogen-bond donors (Lipinski definition) is 2. The van der Waals surface area contributed by atoms with Crippen molar-refractivity contribution in [3.05, 3.63) is 39.2 Å². The molecule has 0 saturated heterocycles. The maximum Gasteiger partial charge on any atom is 0.303 e. The summed E-state index contributed by atoms with van der Waals surface area (Å²) in [5.41, 5.74) is 0.272. The molecule has 3 aromatic rings. The second kappa shape index (κ2) is 4.77. The first-order chi connectivity index (χ1) is 9.80. The van der Waals surface area contributed by atoms with Crippen molar-refractivity contribution >= 4 is 56.4 Å². The van der Waals surface area contributed by atoms with Crippen LogP contribution in [0.4, 0.5) is 0 Å². The molecule has 2 aromatic heterocycles. The summed E-state index contributed by atoms with van der Waals surface area (Å²) in [6.07, 6.45) is 0.944. The molecule has 0 radical (unpaired) electrons. The van der Waals surface area contributed by atoms with Gasteiger partial charge in [0, 0.05) is 11.5 Å². The monoisotopic (exact) mass is 364 g/mol. The van der Waals surface area contributed by atoms with Gasteiger partial charge in [0.15, 0.2) is 4.77 Å². The van der Waals surface area contributed by atoms with Gasteiger partial charge in [-0.3, -0.25) is 0 Å². The van der Waals surface area contributed by atoms with E-state index in [2.05, 4.69) is 4.98 Å². The molecule has 0 unspecified atom stereocenters. The van der Waals surface area contributed by atoms with E-state index in [1.165, 1.54) is 18.2 Å². The van der Waals surface area contributed by atoms with Gasteiger partial charge in [0.05, 0.1) is 16.2 Å². The van der Waals surface area contributed by atoms with Crippen LogP contribution in [0.5, 0.6) is 5.88 Å². The van der Waals surface area contributed by atoms with Crippen LogP contribution in [0.1, 0.15) is 0 Å². The smallest absolute Gasteiger partial charge is 0.303 e. The van der Waals surface area contributed by atoms with Crippen molar-refractivity contribution < 1.29 is 17.9 Å². The first kappa shape index (κ1) is 14.5. The minimum absolute atomic E-state index is 0.183. The van der Waals surface area contributed by atoms with Crippen LogP contribution < -0.4 is 0 Å². The van der Waals surface area contributed by atoms with Crippen LogP contribution in [0.15, 0.2) is 33.9 Å². The highest BCUT2D eigenvalue weighted by Crippen LogP contribution is 2.34. The second-order valence-corrected chi connectivity index (χ2v) is 7.00. The maximum absolute atomic E-state index is 12.4. The number of imidazole rings is 1. The Morgan fingerprint density at radius 2 is 2.05 bits per heavy atom. The Labute approximate surface area is 133 Å². The first-order valence-corrected chi connectivity index (χ1v) is 8.05. The summed E-state index contributed by atoms with van der Waals surface area (Å²) in [5.74, 6) is -0.374. The lowest BCUT2D eigenvalue weighted by atomic mass is 10.2. The average Bonchev–Trinajstić information content (AvgIpc) is 2.98. The fourth-order valence-corrected chi connectivity index (χ4v) is 3.78. The van der Waals surface area contributed by atoms with E-state index in [9.17, 15) is 13.5 Å². The number of rotatable bonds is 2. The molecule has 1 aromatic carbocycles. The molecular formula is C11H6Cl2N2O4S2. The Morgan fingerprint density at radius 1 is 1.33 bits per heavy atom. The third-order valence-corrected chi connectivity index (χ3v) is 5.50. The Bertz CT molecular complexity index is 1020. The van der Waals surface area contributed by atoms with E-state index >= 15 is 0 Å². The van der Waals surface area contributed by atoms with Gasteiger partial charge in [-0.2, -0.15) is 8.42 Å². The Hall–Kier alpha value is -1.48. The van der Waals surface area contributed by atoms with Crippen LogP contribution in [-0.4, -0.2) is 22.5 Å². The van der Waals surface area contributed by atoms with E-state index in [1.807, 2.05) is 0 Å². The van der Waals surface area contributed by atoms with Crippen LogP contribution in [0.2, 0.25) is 10.0 Å². The van der Waals surface area contributed by atoms with Crippen LogP contribution in [0.3, 0.4) is 0 Å². The van der Waals surface area contributed by atoms with Crippen LogP contribution in [0, 0.1) is 4.77 Å². The highest BCUT2D eigenvalue weighted by Gasteiger charge is 2.24. The molecule has 0 bridgehead atoms. The number of H-pyrrole nitrogens is 1. The molecule has 0 aliphatic rings. The quantitative estimate of drug-likeness (QED) is 0.678. The van der Waals surface area contributed by atoms with Gasteiger partial charge in [0.2, 0.25) is 11.0 Å². The molecule has 3 rings (SSSR count). The number of furan rings is 1. The molecular weight excluding hydrogens is 359 g/mol. The summed E-state index contributed by atoms with van der Waals surface area (Å²) in [6.45, 7) is 0. The molecule has 0 aliphatic heterocycles. The molecule has 0 saturated carbocycles. The predicted octanol–water partition coefficient (Wildman–Crippen LogP) is 3.54. The van der Waals surface area contributed by atoms with Gasteiger partial charge in [-0.05, 0) is 24.4 Å². The summed E-state index contributed by atoms with van der Waals surface area (Å²) in [5, 5.41) is 9.77. The first-order valence-electron chi connectivity index (χ1n) is 5.44. The van der Waals surface area contributed by atoms with E-state index in [0.717, 1.165) is 6.20 Å². The summed E-state index contributed by atoms with van der Waals surface area (Å²) in [6, 6.07) is 4.26. The number of aromatic nitrogens is 2. The third-order valence-electron chi connectivity index (χ3n) is 2.75. The molecule has 110 valence electrons. The summed E-state index contributed by atoms with van der Waals surface area (Å²) in [4.78, 5) is 2.30. The standard InChI is InChI=1S/C11H6Cl2N2O4S2/c12-6-1-2-7-5(10(6)13)3-9(19-7)21(17,18)15-4-8(16)14-11(15)20/h1-4,16H,(H,14,20). The van der Waals surface area contributed by atoms with E-state index in [1.54, 1.807) is 0 Å². The van der Waals surface area contributed by atoms with E-state index < -0.39 is 10.0 Å². The van der Waals surface area contributed by atoms with Crippen molar-refractivity contribution in [3.8, 4) is 5.88 Å². The highest BCUT2D eigenvalue weighted by atomic mass is 35.5. The molecule has 0 amide bonds. The second-order valence-electron chi connectivity index (χ2n) is 4.08. The van der Waals surface area contributed by atoms with Gasteiger partial charge < -0.3 is 14.5 Å². The summed E-state index contributed by atoms with van der Waals surface area (Å²) < 4.78 is 30.7. The Balaban J connectivity index is 2.27. The molecule has 21 heavy (non-hydrogen) atoms. The zero-order chi connectivity index (χ0) is 15.4. The zero-order valence-electron chi connectivity index (χ0n) is 10.0. The number of benzene rings is 1. The van der Waals surface area contributed by atoms with Gasteiger partial charge in [-0.1, -0.05) is 23.2 Å². The van der Waals surface area contributed by atoms with Crippen LogP contribution in [0.25, 0.3) is 11.0 Å². The summed E-state index contributed by atoms with van der Waals surface area (Å²) >= 11 is 16.7. The van der Waals surface area contributed by atoms with Gasteiger partial charge in [-0.15, -0.1) is 0 Å². The molecule has 6 nitrogen and oxygen atoms in total. The topological polar surface area (TPSA) is 88.2 Å². The number of aromatic amines is 1. The normalized spacial score (nSPS) is 12.1. The fourth-order valence-electron chi connectivity index (χ4n) is 1.80. The van der Waals surface area contributed by atoms with Gasteiger partial charge >= 0.3 is 10.0 Å². The Morgan fingerprint density at radius 3 is 2.67 bits per heavy atom. The number of fused-ring (bicyclic) bond motifs is 1. The minimum Gasteiger partial charge on any atom is -0.493 e. The maximum atomic E-state index is 12.4. The highest BCUT2D eigenvalue weighted by molar-refractivity contribution is 7.90. The SMILES string of the molecule is O=S(=O)(c1cc2c(Cl)c(Cl)ccc2o1)n1cc(O)[nH]c1=S. The fraction of sp³-hybridized carbons (Fsp3) is 0. The van der Waals surface area contributed by atoms with Crippen molar-refractivity contribution in [3.63, 3.8) is 0 Å². The number of nitrogens with zero attached hydrogens (tertiary/aromatic N) is 1. The zero-order valence-corrected chi connectivity index (χ0v) is 13.1. The van der Waals surface area contributed by atoms with Crippen LogP contribution >= 0.6 is 35.4 Å². The van der Waals surface area contributed by atoms with Crippen molar-refractivity contribution in [1.29, 1.82) is 0 Å². The van der Waals surface area contributed by atoms with E-state index in [4.69, 9.17) is 39.8 Å². The summed E-state index contributed by atoms with van der Waals surface area (Å²) in [7, 11) is -4.09. The van der Waals surface area contributed by atoms with Crippen molar-refractivity contribution in [2.24, 2.45) is 0 Å². The lowest BCUT2D eigenvalue weighted by molar-refractivity contribution is 0.455. The molecule has 0 spiro atoms. The molecule has 2 heterocycles. The number of aromatic hydroxyl groups is 1. The van der Waals surface area contributed by atoms with Gasteiger partial charge in [-0.25, -0.2) is 3.97 Å². The van der Waals surface area contributed by atoms with Crippen molar-refractivity contribution in [1.82, 2.24) is 8.96 Å². The molecule has 0 aliphatic carbocycles. The Kier molecular flexibility index (Phi) is 3.28. The van der Waals surface area contributed by atoms with E-state index in [-0.39, 0.29) is 31.4 Å². The lowest BCUT2D eigenvalue weighted by Crippen LogP contribution is -2.11. The minimum atomic E-state index is -4.09. The van der Waals surface area contributed by atoms with Crippen LogP contribution in [-0.2, 0) is 10.0 Å². The number of nitrogens with one attached hydrogen (secondary N) is 1. The molecule has 0 atom stereocenters. The molecule has 0 fully saturated rings. The number of hydrogen-bond acceptors (Lipinski definition) is 5. The average molecular weight is 365 g/mol. The number of halogens is 2. The lowest BCUT2D eigenvalue weighted by Gasteiger charge is -1.99. The largest absolute Gasteiger partial charge is 0.493 e. The van der Waals surface area contributed by atoms with Crippen molar-refractivity contribution in [2.45, 2.75) is 5.09 Å².